The van der Waals surface area contributed by atoms with Gasteiger partial charge in [-0.25, -0.2) is 8.78 Å². The number of piperazine rings is 1. The van der Waals surface area contributed by atoms with E-state index >= 15 is 0 Å². The number of hydrogen-bond acceptors (Lipinski definition) is 5. The molecule has 202 valence electrons. The molecule has 0 spiro atoms. The number of rotatable bonds is 9. The number of ether oxygens (including phenoxy) is 2. The molecular weight excluding hydrogens is 486 g/mol. The van der Waals surface area contributed by atoms with Crippen LogP contribution in [0.1, 0.15) is 40.9 Å². The van der Waals surface area contributed by atoms with E-state index in [4.69, 9.17) is 9.47 Å². The summed E-state index contributed by atoms with van der Waals surface area (Å²) >= 11 is 0. The van der Waals surface area contributed by atoms with Crippen molar-refractivity contribution in [2.45, 2.75) is 25.0 Å². The number of methoxy groups -OCH3 is 1. The molecule has 7 heteroatoms. The molecule has 5 nitrogen and oxygen atoms in total. The Bertz CT molecular complexity index is 1140. The van der Waals surface area contributed by atoms with Gasteiger partial charge in [0.25, 0.3) is 0 Å². The Balaban J connectivity index is 1.11. The van der Waals surface area contributed by atoms with Crippen molar-refractivity contribution in [1.29, 1.82) is 0 Å². The Hall–Kier alpha value is -2.84. The van der Waals surface area contributed by atoms with Crippen LogP contribution in [0.15, 0.2) is 66.7 Å². The van der Waals surface area contributed by atoms with Crippen molar-refractivity contribution in [2.24, 2.45) is 5.92 Å². The molecule has 0 aromatic heterocycles. The molecule has 3 aromatic rings. The predicted molar refractivity (Wildman–Crippen MR) is 143 cm³/mol. The van der Waals surface area contributed by atoms with Crippen molar-refractivity contribution in [2.75, 3.05) is 53.0 Å². The van der Waals surface area contributed by atoms with Crippen molar-refractivity contribution in [3.05, 3.63) is 101 Å². The largest absolute Gasteiger partial charge is 0.497 e. The number of aliphatic hydroxyl groups excluding tert-OH is 1. The minimum atomic E-state index is -0.439. The normalized spacial score (nSPS) is 20.4. The van der Waals surface area contributed by atoms with Gasteiger partial charge in [0, 0.05) is 45.2 Å². The molecule has 38 heavy (non-hydrogen) atoms. The summed E-state index contributed by atoms with van der Waals surface area (Å²) < 4.78 is 38.6. The van der Waals surface area contributed by atoms with Gasteiger partial charge in [-0.3, -0.25) is 4.90 Å². The monoisotopic (exact) mass is 522 g/mol. The zero-order chi connectivity index (χ0) is 26.5. The molecule has 1 aliphatic carbocycles. The first-order valence-electron chi connectivity index (χ1n) is 13.4. The number of aliphatic hydroxyl groups is 1. The maximum atomic E-state index is 13.5. The quantitative estimate of drug-likeness (QED) is 0.429. The topological polar surface area (TPSA) is 45.2 Å². The van der Waals surface area contributed by atoms with Crippen molar-refractivity contribution >= 4 is 0 Å². The number of nitrogens with zero attached hydrogens (tertiary/aromatic N) is 2. The van der Waals surface area contributed by atoms with Crippen LogP contribution in [0, 0.1) is 17.6 Å². The van der Waals surface area contributed by atoms with Crippen LogP contribution < -0.4 is 4.74 Å². The highest BCUT2D eigenvalue weighted by Gasteiger charge is 2.30. The fourth-order valence-corrected chi connectivity index (χ4v) is 5.64. The van der Waals surface area contributed by atoms with Crippen molar-refractivity contribution < 1.29 is 23.4 Å². The smallest absolute Gasteiger partial charge is 0.123 e. The van der Waals surface area contributed by atoms with Crippen molar-refractivity contribution in [3.8, 4) is 5.75 Å². The van der Waals surface area contributed by atoms with Crippen LogP contribution in [0.4, 0.5) is 8.78 Å². The molecule has 1 saturated heterocycles. The molecule has 1 fully saturated rings. The van der Waals surface area contributed by atoms with E-state index in [0.717, 1.165) is 74.6 Å². The van der Waals surface area contributed by atoms with E-state index in [2.05, 4.69) is 9.80 Å². The summed E-state index contributed by atoms with van der Waals surface area (Å²) in [6.07, 6.45) is 1.12. The van der Waals surface area contributed by atoms with E-state index in [1.165, 1.54) is 29.8 Å². The molecule has 5 rings (SSSR count). The fourth-order valence-electron chi connectivity index (χ4n) is 5.64. The maximum absolute atomic E-state index is 13.5. The van der Waals surface area contributed by atoms with Crippen LogP contribution in [0.25, 0.3) is 0 Å². The molecule has 0 radical (unpaired) electrons. The van der Waals surface area contributed by atoms with Crippen LogP contribution >= 0.6 is 0 Å². The predicted octanol–water partition coefficient (Wildman–Crippen LogP) is 4.99. The van der Waals surface area contributed by atoms with Crippen LogP contribution in [0.2, 0.25) is 0 Å². The summed E-state index contributed by atoms with van der Waals surface area (Å²) in [7, 11) is 1.67. The lowest BCUT2D eigenvalue weighted by Gasteiger charge is -2.39. The minimum absolute atomic E-state index is 0.234. The standard InChI is InChI=1S/C31H36F2N2O3/c1-37-28-12-13-29-24(20-28)2-3-25(30(29)36)21-35-16-14-34(15-17-35)18-19-38-31(22-4-8-26(32)9-5-22)23-6-10-27(33)11-7-23/h4-13,20,25,30-31,36H,2-3,14-19,21H2,1H3/t25-,30-/m0/s1. The third kappa shape index (κ3) is 6.41. The summed E-state index contributed by atoms with van der Waals surface area (Å²) in [4.78, 5) is 4.85. The summed E-state index contributed by atoms with van der Waals surface area (Å²) in [6.45, 7) is 5.99. The second-order valence-electron chi connectivity index (χ2n) is 10.3. The van der Waals surface area contributed by atoms with Crippen LogP contribution in [0.5, 0.6) is 5.75 Å². The molecule has 0 unspecified atom stereocenters. The lowest BCUT2D eigenvalue weighted by Crippen LogP contribution is -2.49. The first-order chi connectivity index (χ1) is 18.5. The number of hydrogen-bond donors (Lipinski definition) is 1. The van der Waals surface area contributed by atoms with Gasteiger partial charge in [-0.15, -0.1) is 0 Å². The molecule has 1 N–H and O–H groups in total. The van der Waals surface area contributed by atoms with Crippen molar-refractivity contribution in [3.63, 3.8) is 0 Å². The van der Waals surface area contributed by atoms with Gasteiger partial charge in [0.15, 0.2) is 0 Å². The average molecular weight is 523 g/mol. The molecule has 0 saturated carbocycles. The number of halogens is 2. The van der Waals surface area contributed by atoms with E-state index in [1.807, 2.05) is 18.2 Å². The van der Waals surface area contributed by atoms with Crippen LogP contribution in [0.3, 0.4) is 0 Å². The Morgan fingerprint density at radius 2 is 1.47 bits per heavy atom. The molecule has 2 atom stereocenters. The van der Waals surface area contributed by atoms with E-state index in [-0.39, 0.29) is 23.7 Å². The van der Waals surface area contributed by atoms with Gasteiger partial charge >= 0.3 is 0 Å². The van der Waals surface area contributed by atoms with Gasteiger partial charge < -0.3 is 19.5 Å². The van der Waals surface area contributed by atoms with Gasteiger partial charge in [0.1, 0.15) is 23.5 Å². The Morgan fingerprint density at radius 1 is 0.868 bits per heavy atom. The van der Waals surface area contributed by atoms with Gasteiger partial charge in [-0.1, -0.05) is 30.3 Å². The van der Waals surface area contributed by atoms with E-state index in [9.17, 15) is 13.9 Å². The van der Waals surface area contributed by atoms with Gasteiger partial charge in [0.2, 0.25) is 0 Å². The van der Waals surface area contributed by atoms with Crippen molar-refractivity contribution in [1.82, 2.24) is 9.80 Å². The Labute approximate surface area is 223 Å². The summed E-state index contributed by atoms with van der Waals surface area (Å²) in [5, 5.41) is 11.0. The molecule has 1 heterocycles. The Kier molecular flexibility index (Phi) is 8.69. The zero-order valence-electron chi connectivity index (χ0n) is 21.9. The SMILES string of the molecule is COc1ccc2c(c1)CC[C@@H](CN1CCN(CCOC(c3ccc(F)cc3)c3ccc(F)cc3)CC1)[C@@H]2O. The molecule has 2 aliphatic rings. The van der Waals surface area contributed by atoms with Crippen LogP contribution in [-0.2, 0) is 11.2 Å². The summed E-state index contributed by atoms with van der Waals surface area (Å²) in [5.41, 5.74) is 3.91. The molecule has 1 aliphatic heterocycles. The second-order valence-corrected chi connectivity index (χ2v) is 10.3. The third-order valence-electron chi connectivity index (χ3n) is 7.89. The van der Waals surface area contributed by atoms with Gasteiger partial charge in [0.05, 0.1) is 19.8 Å². The Morgan fingerprint density at radius 3 is 2.08 bits per heavy atom. The average Bonchev–Trinajstić information content (AvgIpc) is 2.94. The highest BCUT2D eigenvalue weighted by Crippen LogP contribution is 2.36. The lowest BCUT2D eigenvalue weighted by molar-refractivity contribution is 0.0285. The first-order valence-corrected chi connectivity index (χ1v) is 13.4. The van der Waals surface area contributed by atoms with Gasteiger partial charge in [-0.2, -0.15) is 0 Å². The minimum Gasteiger partial charge on any atom is -0.497 e. The molecule has 3 aromatic carbocycles. The highest BCUT2D eigenvalue weighted by atomic mass is 19.1. The molecular formula is C31H36F2N2O3. The zero-order valence-corrected chi connectivity index (χ0v) is 21.9. The van der Waals surface area contributed by atoms with E-state index in [0.29, 0.717) is 6.61 Å². The highest BCUT2D eigenvalue weighted by molar-refractivity contribution is 5.39. The first kappa shape index (κ1) is 26.8. The fraction of sp³-hybridized carbons (Fsp3) is 0.419. The van der Waals surface area contributed by atoms with E-state index in [1.54, 1.807) is 31.4 Å². The van der Waals surface area contributed by atoms with Gasteiger partial charge in [-0.05, 0) is 71.5 Å². The van der Waals surface area contributed by atoms with E-state index < -0.39 is 6.10 Å². The second kappa shape index (κ2) is 12.3. The third-order valence-corrected chi connectivity index (χ3v) is 7.89. The van der Waals surface area contributed by atoms with Crippen LogP contribution in [-0.4, -0.2) is 67.9 Å². The number of benzene rings is 3. The molecule has 0 bridgehead atoms. The number of fused-ring (bicyclic) bond motifs is 1. The molecule has 0 amide bonds. The summed E-state index contributed by atoms with van der Waals surface area (Å²) in [6, 6.07) is 18.6. The summed E-state index contributed by atoms with van der Waals surface area (Å²) in [5.74, 6) is 0.485. The maximum Gasteiger partial charge on any atom is 0.123 e. The number of aryl methyl sites for hydroxylation is 1. The lowest BCUT2D eigenvalue weighted by atomic mass is 9.81.